The molecule has 0 aliphatic carbocycles. The number of carbonyl (C=O) groups is 2. The summed E-state index contributed by atoms with van der Waals surface area (Å²) < 4.78 is 49.0. The number of carbonyl (C=O) groups excluding carboxylic acids is 2. The van der Waals surface area contributed by atoms with Crippen LogP contribution in [0.15, 0.2) is 71.6 Å². The maximum atomic E-state index is 14.7. The zero-order valence-corrected chi connectivity index (χ0v) is 25.3. The van der Waals surface area contributed by atoms with E-state index in [0.717, 1.165) is 9.87 Å². The SMILES string of the molecule is CC[C@@H](C)NC(=O)[C@H](C)N(Cc1ccccc1F)C(=O)CN(c1cc(Cl)ccc1OC)S(=O)(=O)c1ccc(C)cc1. The zero-order valence-electron chi connectivity index (χ0n) is 23.7. The lowest BCUT2D eigenvalue weighted by molar-refractivity contribution is -0.139. The Labute approximate surface area is 246 Å². The monoisotopic (exact) mass is 603 g/mol. The topological polar surface area (TPSA) is 96.0 Å². The van der Waals surface area contributed by atoms with Crippen molar-refractivity contribution in [3.05, 3.63) is 88.7 Å². The molecule has 0 saturated heterocycles. The van der Waals surface area contributed by atoms with Crippen LogP contribution in [0.3, 0.4) is 0 Å². The van der Waals surface area contributed by atoms with Gasteiger partial charge in [-0.25, -0.2) is 12.8 Å². The predicted octanol–water partition coefficient (Wildman–Crippen LogP) is 5.32. The summed E-state index contributed by atoms with van der Waals surface area (Å²) in [5.41, 5.74) is 1.07. The number of rotatable bonds is 12. The second-order valence-electron chi connectivity index (χ2n) is 9.75. The molecule has 3 rings (SSSR count). The van der Waals surface area contributed by atoms with Gasteiger partial charge in [0.2, 0.25) is 11.8 Å². The van der Waals surface area contributed by atoms with Crippen LogP contribution in [0.25, 0.3) is 0 Å². The van der Waals surface area contributed by atoms with Crippen LogP contribution in [0.2, 0.25) is 5.02 Å². The van der Waals surface area contributed by atoms with Crippen LogP contribution in [-0.2, 0) is 26.2 Å². The summed E-state index contributed by atoms with van der Waals surface area (Å²) >= 11 is 6.25. The van der Waals surface area contributed by atoms with Gasteiger partial charge in [0.05, 0.1) is 17.7 Å². The summed E-state index contributed by atoms with van der Waals surface area (Å²) in [6, 6.07) is 15.3. The van der Waals surface area contributed by atoms with Crippen molar-refractivity contribution in [1.82, 2.24) is 10.2 Å². The fraction of sp³-hybridized carbons (Fsp3) is 0.333. The summed E-state index contributed by atoms with van der Waals surface area (Å²) in [5.74, 6) is -1.56. The van der Waals surface area contributed by atoms with Crippen LogP contribution in [0.4, 0.5) is 10.1 Å². The molecular weight excluding hydrogens is 569 g/mol. The number of ether oxygens (including phenoxy) is 1. The van der Waals surface area contributed by atoms with E-state index < -0.39 is 40.2 Å². The largest absolute Gasteiger partial charge is 0.495 e. The number of sulfonamides is 1. The molecule has 1 N–H and O–H groups in total. The number of amides is 2. The average Bonchev–Trinajstić information content (AvgIpc) is 2.95. The van der Waals surface area contributed by atoms with E-state index in [4.69, 9.17) is 16.3 Å². The van der Waals surface area contributed by atoms with Gasteiger partial charge in [-0.15, -0.1) is 0 Å². The molecule has 3 aromatic rings. The average molecular weight is 604 g/mol. The first-order valence-corrected chi connectivity index (χ1v) is 15.0. The highest BCUT2D eigenvalue weighted by molar-refractivity contribution is 7.92. The van der Waals surface area contributed by atoms with Crippen molar-refractivity contribution in [3.8, 4) is 5.75 Å². The van der Waals surface area contributed by atoms with Crippen LogP contribution in [-0.4, -0.2) is 50.9 Å². The predicted molar refractivity (Wildman–Crippen MR) is 158 cm³/mol. The first-order valence-electron chi connectivity index (χ1n) is 13.1. The summed E-state index contributed by atoms with van der Waals surface area (Å²) in [6.45, 7) is 6.12. The third-order valence-corrected chi connectivity index (χ3v) is 8.77. The fourth-order valence-corrected chi connectivity index (χ4v) is 5.65. The molecule has 220 valence electrons. The van der Waals surface area contributed by atoms with Gasteiger partial charge >= 0.3 is 0 Å². The minimum Gasteiger partial charge on any atom is -0.495 e. The van der Waals surface area contributed by atoms with Crippen molar-refractivity contribution >= 4 is 39.1 Å². The number of nitrogens with zero attached hydrogens (tertiary/aromatic N) is 2. The van der Waals surface area contributed by atoms with Crippen molar-refractivity contribution in [1.29, 1.82) is 0 Å². The molecule has 0 spiro atoms. The molecule has 0 bridgehead atoms. The fourth-order valence-electron chi connectivity index (χ4n) is 4.07. The molecule has 41 heavy (non-hydrogen) atoms. The van der Waals surface area contributed by atoms with Crippen LogP contribution in [0, 0.1) is 12.7 Å². The molecule has 2 amide bonds. The Bertz CT molecular complexity index is 1480. The van der Waals surface area contributed by atoms with E-state index in [1.54, 1.807) is 18.2 Å². The molecule has 0 aliphatic heterocycles. The summed E-state index contributed by atoms with van der Waals surface area (Å²) in [6.07, 6.45) is 0.664. The smallest absolute Gasteiger partial charge is 0.264 e. The van der Waals surface area contributed by atoms with E-state index in [1.807, 2.05) is 20.8 Å². The van der Waals surface area contributed by atoms with E-state index in [2.05, 4.69) is 5.32 Å². The minimum absolute atomic E-state index is 0.0384. The first kappa shape index (κ1) is 31.9. The molecule has 0 aliphatic rings. The highest BCUT2D eigenvalue weighted by Gasteiger charge is 2.34. The molecule has 0 unspecified atom stereocenters. The van der Waals surface area contributed by atoms with E-state index in [1.165, 1.54) is 67.5 Å². The van der Waals surface area contributed by atoms with Gasteiger partial charge < -0.3 is 15.0 Å². The maximum absolute atomic E-state index is 14.7. The Kier molecular flexibility index (Phi) is 10.8. The lowest BCUT2D eigenvalue weighted by atomic mass is 10.1. The normalized spacial score (nSPS) is 12.8. The lowest BCUT2D eigenvalue weighted by Gasteiger charge is -2.33. The third kappa shape index (κ3) is 7.77. The number of benzene rings is 3. The van der Waals surface area contributed by atoms with Crippen LogP contribution >= 0.6 is 11.6 Å². The quantitative estimate of drug-likeness (QED) is 0.302. The third-order valence-electron chi connectivity index (χ3n) is 6.76. The number of halogens is 2. The van der Waals surface area contributed by atoms with Gasteiger partial charge in [0.15, 0.2) is 0 Å². The Morgan fingerprint density at radius 3 is 2.32 bits per heavy atom. The molecule has 0 aromatic heterocycles. The lowest BCUT2D eigenvalue weighted by Crippen LogP contribution is -2.52. The van der Waals surface area contributed by atoms with Crippen molar-refractivity contribution < 1.29 is 27.1 Å². The Balaban J connectivity index is 2.11. The van der Waals surface area contributed by atoms with Crippen molar-refractivity contribution in [2.45, 2.75) is 57.6 Å². The maximum Gasteiger partial charge on any atom is 0.264 e. The molecule has 11 heteroatoms. The highest BCUT2D eigenvalue weighted by Crippen LogP contribution is 2.35. The van der Waals surface area contributed by atoms with Gasteiger partial charge in [0, 0.05) is 23.2 Å². The van der Waals surface area contributed by atoms with Crippen LogP contribution < -0.4 is 14.4 Å². The standard InChI is InChI=1S/C30H35ClFN3O5S/c1-6-21(3)33-30(37)22(4)34(18-23-9-7-8-10-26(23)32)29(36)19-35(27-17-24(31)13-16-28(27)40-5)41(38,39)25-14-11-20(2)12-15-25/h7-17,21-22H,6,18-19H2,1-5H3,(H,33,37)/t21-,22+/m1/s1. The van der Waals surface area contributed by atoms with Crippen LogP contribution in [0.5, 0.6) is 5.75 Å². The molecule has 0 saturated carbocycles. The van der Waals surface area contributed by atoms with Gasteiger partial charge in [-0.05, 0) is 63.6 Å². The van der Waals surface area contributed by atoms with Crippen molar-refractivity contribution in [2.24, 2.45) is 0 Å². The second-order valence-corrected chi connectivity index (χ2v) is 12.0. The first-order chi connectivity index (χ1) is 19.4. The molecule has 0 heterocycles. The van der Waals surface area contributed by atoms with Crippen molar-refractivity contribution in [3.63, 3.8) is 0 Å². The van der Waals surface area contributed by atoms with E-state index >= 15 is 0 Å². The molecule has 2 atom stereocenters. The van der Waals surface area contributed by atoms with Gasteiger partial charge in [0.1, 0.15) is 24.2 Å². The van der Waals surface area contributed by atoms with E-state index in [9.17, 15) is 22.4 Å². The van der Waals surface area contributed by atoms with Gasteiger partial charge in [-0.3, -0.25) is 13.9 Å². The summed E-state index contributed by atoms with van der Waals surface area (Å²) in [4.78, 5) is 28.2. The zero-order chi connectivity index (χ0) is 30.3. The van der Waals surface area contributed by atoms with Gasteiger partial charge in [-0.2, -0.15) is 0 Å². The highest BCUT2D eigenvalue weighted by atomic mass is 35.5. The van der Waals surface area contributed by atoms with Crippen molar-refractivity contribution in [2.75, 3.05) is 18.0 Å². The molecule has 0 radical (unpaired) electrons. The number of hydrogen-bond donors (Lipinski definition) is 1. The number of hydrogen-bond acceptors (Lipinski definition) is 5. The number of aryl methyl sites for hydroxylation is 1. The van der Waals surface area contributed by atoms with Crippen LogP contribution in [0.1, 0.15) is 38.3 Å². The Hall–Kier alpha value is -3.63. The minimum atomic E-state index is -4.33. The Morgan fingerprint density at radius 1 is 1.05 bits per heavy atom. The number of methoxy groups -OCH3 is 1. The molecule has 3 aromatic carbocycles. The van der Waals surface area contributed by atoms with Gasteiger partial charge in [0.25, 0.3) is 10.0 Å². The second kappa shape index (κ2) is 13.8. The Morgan fingerprint density at radius 2 is 1.71 bits per heavy atom. The number of nitrogens with one attached hydrogen (secondary N) is 1. The van der Waals surface area contributed by atoms with Gasteiger partial charge in [-0.1, -0.05) is 54.4 Å². The summed E-state index contributed by atoms with van der Waals surface area (Å²) in [7, 11) is -2.95. The molecule has 0 fully saturated rings. The van der Waals surface area contributed by atoms with E-state index in [0.29, 0.717) is 6.42 Å². The number of anilines is 1. The molecule has 8 nitrogen and oxygen atoms in total. The molecular formula is C30H35ClFN3O5S. The summed E-state index contributed by atoms with van der Waals surface area (Å²) in [5, 5.41) is 3.07. The van der Waals surface area contributed by atoms with E-state index in [-0.39, 0.29) is 39.5 Å².